The molecule has 0 fully saturated rings. The minimum atomic E-state index is -0.155. The molecule has 1 unspecified atom stereocenters. The zero-order chi connectivity index (χ0) is 13.9. The van der Waals surface area contributed by atoms with E-state index in [2.05, 4.69) is 41.6 Å². The van der Waals surface area contributed by atoms with Crippen LogP contribution < -0.4 is 5.73 Å². The summed E-state index contributed by atoms with van der Waals surface area (Å²) in [5, 5.41) is 1.13. The van der Waals surface area contributed by atoms with Crippen LogP contribution in [-0.4, -0.2) is 11.2 Å². The van der Waals surface area contributed by atoms with E-state index in [1.807, 2.05) is 30.5 Å². The predicted octanol–water partition coefficient (Wildman–Crippen LogP) is 4.00. The first-order valence-corrected chi connectivity index (χ1v) is 7.76. The van der Waals surface area contributed by atoms with Crippen molar-refractivity contribution in [2.24, 2.45) is 5.73 Å². The number of nitrogens with two attached hydrogens (primary N) is 1. The number of para-hydroxylation sites is 1. The molecule has 0 amide bonds. The maximum absolute atomic E-state index is 6.51. The second-order valence-electron chi connectivity index (χ2n) is 4.64. The second kappa shape index (κ2) is 5.65. The molecule has 0 bridgehead atoms. The van der Waals surface area contributed by atoms with Gasteiger partial charge in [0.15, 0.2) is 0 Å². The number of pyridine rings is 1. The number of benzene rings is 2. The van der Waals surface area contributed by atoms with Crippen molar-refractivity contribution in [3.05, 3.63) is 71.9 Å². The normalized spacial score (nSPS) is 12.5. The van der Waals surface area contributed by atoms with Crippen LogP contribution >= 0.6 is 11.8 Å². The highest BCUT2D eigenvalue weighted by Crippen LogP contribution is 2.31. The Labute approximate surface area is 123 Å². The van der Waals surface area contributed by atoms with Gasteiger partial charge in [0.1, 0.15) is 0 Å². The Morgan fingerprint density at radius 3 is 2.55 bits per heavy atom. The fraction of sp³-hybridized carbons (Fsp3) is 0.118. The number of aromatic nitrogens is 1. The molecule has 20 heavy (non-hydrogen) atoms. The fourth-order valence-corrected chi connectivity index (χ4v) is 3.12. The summed E-state index contributed by atoms with van der Waals surface area (Å²) in [6.07, 6.45) is 3.89. The molecule has 0 aliphatic carbocycles. The van der Waals surface area contributed by atoms with E-state index < -0.39 is 0 Å². The van der Waals surface area contributed by atoms with Crippen molar-refractivity contribution >= 4 is 22.7 Å². The molecule has 2 aromatic carbocycles. The van der Waals surface area contributed by atoms with Crippen molar-refractivity contribution in [3.8, 4) is 0 Å². The van der Waals surface area contributed by atoms with Crippen LogP contribution in [0.5, 0.6) is 0 Å². The van der Waals surface area contributed by atoms with E-state index in [-0.39, 0.29) is 6.04 Å². The van der Waals surface area contributed by atoms with Gasteiger partial charge in [-0.25, -0.2) is 0 Å². The minimum Gasteiger partial charge on any atom is -0.320 e. The molecule has 1 heterocycles. The van der Waals surface area contributed by atoms with E-state index in [0.717, 1.165) is 22.0 Å². The van der Waals surface area contributed by atoms with Gasteiger partial charge >= 0.3 is 0 Å². The lowest BCUT2D eigenvalue weighted by molar-refractivity contribution is 0.853. The lowest BCUT2D eigenvalue weighted by Gasteiger charge is -2.17. The van der Waals surface area contributed by atoms with Gasteiger partial charge in [-0.15, -0.1) is 11.8 Å². The molecular formula is C17H16N2S. The standard InChI is InChI=1S/C17H16N2S/c1-20-15-10-3-2-8-13(15)16(18)14-9-4-6-12-7-5-11-19-17(12)14/h2-11,16H,18H2,1H3. The molecule has 3 heteroatoms. The summed E-state index contributed by atoms with van der Waals surface area (Å²) < 4.78 is 0. The number of hydrogen-bond acceptors (Lipinski definition) is 3. The van der Waals surface area contributed by atoms with Crippen molar-refractivity contribution < 1.29 is 0 Å². The first kappa shape index (κ1) is 13.2. The van der Waals surface area contributed by atoms with E-state index in [9.17, 15) is 0 Å². The summed E-state index contributed by atoms with van der Waals surface area (Å²) in [7, 11) is 0. The Bertz CT molecular complexity index is 734. The summed E-state index contributed by atoms with van der Waals surface area (Å²) in [6.45, 7) is 0. The Hall–Kier alpha value is -1.84. The largest absolute Gasteiger partial charge is 0.320 e. The molecule has 3 rings (SSSR count). The summed E-state index contributed by atoms with van der Waals surface area (Å²) >= 11 is 1.72. The Morgan fingerprint density at radius 2 is 1.70 bits per heavy atom. The predicted molar refractivity (Wildman–Crippen MR) is 86.0 cm³/mol. The van der Waals surface area contributed by atoms with Gasteiger partial charge in [0.2, 0.25) is 0 Å². The third-order valence-corrected chi connectivity index (χ3v) is 4.28. The lowest BCUT2D eigenvalue weighted by Crippen LogP contribution is -2.13. The molecule has 100 valence electrons. The highest BCUT2D eigenvalue weighted by molar-refractivity contribution is 7.98. The van der Waals surface area contributed by atoms with Gasteiger partial charge in [-0.05, 0) is 29.5 Å². The zero-order valence-electron chi connectivity index (χ0n) is 11.3. The third kappa shape index (κ3) is 2.30. The summed E-state index contributed by atoms with van der Waals surface area (Å²) in [5.41, 5.74) is 9.71. The van der Waals surface area contributed by atoms with Gasteiger partial charge in [-0.3, -0.25) is 4.98 Å². The first-order chi connectivity index (χ1) is 9.81. The number of fused-ring (bicyclic) bond motifs is 1. The van der Waals surface area contributed by atoms with Gasteiger partial charge in [0, 0.05) is 16.5 Å². The molecule has 0 saturated carbocycles. The molecule has 0 saturated heterocycles. The second-order valence-corrected chi connectivity index (χ2v) is 5.49. The summed E-state index contributed by atoms with van der Waals surface area (Å²) in [5.74, 6) is 0. The van der Waals surface area contributed by atoms with Gasteiger partial charge in [0.25, 0.3) is 0 Å². The SMILES string of the molecule is CSc1ccccc1C(N)c1cccc2cccnc12. The van der Waals surface area contributed by atoms with Crippen LogP contribution in [0.3, 0.4) is 0 Å². The van der Waals surface area contributed by atoms with Gasteiger partial charge in [0.05, 0.1) is 11.6 Å². The van der Waals surface area contributed by atoms with Gasteiger partial charge in [-0.1, -0.05) is 42.5 Å². The molecule has 1 atom stereocenters. The van der Waals surface area contributed by atoms with Crippen LogP contribution in [0.25, 0.3) is 10.9 Å². The highest BCUT2D eigenvalue weighted by Gasteiger charge is 2.15. The Kier molecular flexibility index (Phi) is 3.72. The molecule has 0 aliphatic heterocycles. The number of rotatable bonds is 3. The van der Waals surface area contributed by atoms with E-state index in [0.29, 0.717) is 0 Å². The average molecular weight is 280 g/mol. The van der Waals surface area contributed by atoms with Crippen LogP contribution in [0.2, 0.25) is 0 Å². The topological polar surface area (TPSA) is 38.9 Å². The van der Waals surface area contributed by atoms with Crippen molar-refractivity contribution in [1.29, 1.82) is 0 Å². The maximum Gasteiger partial charge on any atom is 0.0753 e. The fourth-order valence-electron chi connectivity index (χ4n) is 2.47. The van der Waals surface area contributed by atoms with Gasteiger partial charge < -0.3 is 5.73 Å². The smallest absolute Gasteiger partial charge is 0.0753 e. The summed E-state index contributed by atoms with van der Waals surface area (Å²) in [6, 6.07) is 18.3. The van der Waals surface area contributed by atoms with Crippen LogP contribution in [0.15, 0.2) is 65.7 Å². The van der Waals surface area contributed by atoms with E-state index >= 15 is 0 Å². The van der Waals surface area contributed by atoms with Crippen molar-refractivity contribution in [2.75, 3.05) is 6.26 Å². The Morgan fingerprint density at radius 1 is 0.950 bits per heavy atom. The molecule has 0 aliphatic rings. The first-order valence-electron chi connectivity index (χ1n) is 6.53. The average Bonchev–Trinajstić information content (AvgIpc) is 2.53. The minimum absolute atomic E-state index is 0.155. The molecule has 0 radical (unpaired) electrons. The van der Waals surface area contributed by atoms with E-state index in [1.165, 1.54) is 4.90 Å². The molecule has 2 N–H and O–H groups in total. The zero-order valence-corrected chi connectivity index (χ0v) is 12.1. The van der Waals surface area contributed by atoms with Crippen LogP contribution in [-0.2, 0) is 0 Å². The third-order valence-electron chi connectivity index (χ3n) is 3.47. The Balaban J connectivity index is 2.15. The molecule has 3 aromatic rings. The number of thioether (sulfide) groups is 1. The van der Waals surface area contributed by atoms with Crippen molar-refractivity contribution in [3.63, 3.8) is 0 Å². The lowest BCUT2D eigenvalue weighted by atomic mass is 9.97. The highest BCUT2D eigenvalue weighted by atomic mass is 32.2. The van der Waals surface area contributed by atoms with Gasteiger partial charge in [-0.2, -0.15) is 0 Å². The monoisotopic (exact) mass is 280 g/mol. The van der Waals surface area contributed by atoms with E-state index in [1.54, 1.807) is 11.8 Å². The number of hydrogen-bond donors (Lipinski definition) is 1. The molecule has 1 aromatic heterocycles. The van der Waals surface area contributed by atoms with Crippen LogP contribution in [0, 0.1) is 0 Å². The quantitative estimate of drug-likeness (QED) is 0.737. The molecule has 2 nitrogen and oxygen atoms in total. The molecular weight excluding hydrogens is 264 g/mol. The maximum atomic E-state index is 6.51. The van der Waals surface area contributed by atoms with Crippen molar-refractivity contribution in [2.45, 2.75) is 10.9 Å². The molecule has 0 spiro atoms. The summed E-state index contributed by atoms with van der Waals surface area (Å²) in [4.78, 5) is 5.71. The van der Waals surface area contributed by atoms with Crippen LogP contribution in [0.4, 0.5) is 0 Å². The van der Waals surface area contributed by atoms with Crippen molar-refractivity contribution in [1.82, 2.24) is 4.98 Å². The van der Waals surface area contributed by atoms with E-state index in [4.69, 9.17) is 5.73 Å². The number of nitrogens with zero attached hydrogens (tertiary/aromatic N) is 1. The van der Waals surface area contributed by atoms with Crippen LogP contribution in [0.1, 0.15) is 17.2 Å².